The summed E-state index contributed by atoms with van der Waals surface area (Å²) in [6, 6.07) is 17.2. The van der Waals surface area contributed by atoms with E-state index in [0.717, 1.165) is 30.8 Å². The van der Waals surface area contributed by atoms with Crippen molar-refractivity contribution < 1.29 is 9.59 Å². The first kappa shape index (κ1) is 19.8. The Kier molecular flexibility index (Phi) is 6.98. The Morgan fingerprint density at radius 2 is 1.71 bits per heavy atom. The summed E-state index contributed by atoms with van der Waals surface area (Å²) in [5.41, 5.74) is 2.59. The number of hydrogen-bond donors (Lipinski definition) is 2. The third-order valence-corrected chi connectivity index (χ3v) is 4.98. The van der Waals surface area contributed by atoms with Crippen LogP contribution in [0, 0.1) is 0 Å². The topological polar surface area (TPSA) is 61.4 Å². The normalized spacial score (nSPS) is 15.5. The molecule has 146 valence electrons. The van der Waals surface area contributed by atoms with Gasteiger partial charge >= 0.3 is 0 Å². The maximum absolute atomic E-state index is 12.5. The molecule has 5 heteroatoms. The largest absolute Gasteiger partial charge is 0.355 e. The van der Waals surface area contributed by atoms with E-state index in [0.29, 0.717) is 5.56 Å². The van der Waals surface area contributed by atoms with Gasteiger partial charge in [-0.25, -0.2) is 0 Å². The number of rotatable bonds is 7. The van der Waals surface area contributed by atoms with Crippen molar-refractivity contribution in [2.24, 2.45) is 0 Å². The van der Waals surface area contributed by atoms with Gasteiger partial charge in [0.2, 0.25) is 5.91 Å². The van der Waals surface area contributed by atoms with E-state index >= 15 is 0 Å². The fourth-order valence-corrected chi connectivity index (χ4v) is 3.42. The first-order valence-corrected chi connectivity index (χ1v) is 9.74. The lowest BCUT2D eigenvalue weighted by Gasteiger charge is -2.24. The number of carbonyl (C=O) groups is 2. The molecule has 1 heterocycles. The summed E-state index contributed by atoms with van der Waals surface area (Å²) in [4.78, 5) is 26.5. The Bertz CT molecular complexity index is 810. The van der Waals surface area contributed by atoms with Crippen molar-refractivity contribution >= 4 is 17.9 Å². The summed E-state index contributed by atoms with van der Waals surface area (Å²) >= 11 is 0. The maximum atomic E-state index is 12.5. The molecule has 2 aromatic rings. The van der Waals surface area contributed by atoms with E-state index in [-0.39, 0.29) is 17.9 Å². The molecule has 1 atom stereocenters. The quantitative estimate of drug-likeness (QED) is 0.729. The fourth-order valence-electron chi connectivity index (χ4n) is 3.42. The highest BCUT2D eigenvalue weighted by molar-refractivity contribution is 5.94. The molecule has 0 radical (unpaired) electrons. The van der Waals surface area contributed by atoms with Crippen molar-refractivity contribution in [2.75, 3.05) is 26.7 Å². The Labute approximate surface area is 166 Å². The van der Waals surface area contributed by atoms with Gasteiger partial charge in [-0.15, -0.1) is 0 Å². The molecular weight excluding hydrogens is 350 g/mol. The first-order valence-electron chi connectivity index (χ1n) is 9.74. The average Bonchev–Trinajstić information content (AvgIpc) is 3.25. The molecule has 0 saturated carbocycles. The van der Waals surface area contributed by atoms with Crippen molar-refractivity contribution in [2.45, 2.75) is 18.9 Å². The lowest BCUT2D eigenvalue weighted by Crippen LogP contribution is -2.36. The predicted molar refractivity (Wildman–Crippen MR) is 112 cm³/mol. The molecule has 1 aliphatic rings. The molecule has 1 aliphatic heterocycles. The lowest BCUT2D eigenvalue weighted by atomic mass is 10.1. The van der Waals surface area contributed by atoms with Gasteiger partial charge < -0.3 is 15.5 Å². The second-order valence-corrected chi connectivity index (χ2v) is 7.01. The van der Waals surface area contributed by atoms with Gasteiger partial charge in [-0.2, -0.15) is 0 Å². The molecule has 2 aromatic carbocycles. The molecule has 1 saturated heterocycles. The van der Waals surface area contributed by atoms with Crippen LogP contribution in [0.3, 0.4) is 0 Å². The zero-order valence-electron chi connectivity index (χ0n) is 16.2. The zero-order valence-corrected chi connectivity index (χ0v) is 16.2. The van der Waals surface area contributed by atoms with E-state index in [1.807, 2.05) is 30.3 Å². The van der Waals surface area contributed by atoms with Crippen molar-refractivity contribution in [3.8, 4) is 0 Å². The summed E-state index contributed by atoms with van der Waals surface area (Å²) in [6.07, 6.45) is 5.76. The SMILES string of the molecule is CNC(=O)c1ccc(/C=C/C(=O)NC(CN2CCCC2)c2ccccc2)cc1. The molecule has 0 aliphatic carbocycles. The Balaban J connectivity index is 1.64. The van der Waals surface area contributed by atoms with Gasteiger partial charge in [0.15, 0.2) is 0 Å². The molecule has 28 heavy (non-hydrogen) atoms. The monoisotopic (exact) mass is 377 g/mol. The maximum Gasteiger partial charge on any atom is 0.251 e. The highest BCUT2D eigenvalue weighted by Crippen LogP contribution is 2.18. The molecule has 5 nitrogen and oxygen atoms in total. The van der Waals surface area contributed by atoms with Crippen molar-refractivity contribution in [3.63, 3.8) is 0 Å². The van der Waals surface area contributed by atoms with Crippen LogP contribution in [0.25, 0.3) is 6.08 Å². The minimum Gasteiger partial charge on any atom is -0.355 e. The summed E-state index contributed by atoms with van der Waals surface area (Å²) < 4.78 is 0. The third-order valence-electron chi connectivity index (χ3n) is 4.98. The molecule has 2 N–H and O–H groups in total. The number of nitrogens with zero attached hydrogens (tertiary/aromatic N) is 1. The number of hydrogen-bond acceptors (Lipinski definition) is 3. The second kappa shape index (κ2) is 9.85. The molecule has 0 spiro atoms. The molecule has 0 aromatic heterocycles. The second-order valence-electron chi connectivity index (χ2n) is 7.01. The summed E-state index contributed by atoms with van der Waals surface area (Å²) in [6.45, 7) is 3.00. The summed E-state index contributed by atoms with van der Waals surface area (Å²) in [5.74, 6) is -0.246. The number of likely N-dealkylation sites (tertiary alicyclic amines) is 1. The van der Waals surface area contributed by atoms with Crippen LogP contribution in [-0.2, 0) is 4.79 Å². The van der Waals surface area contributed by atoms with Crippen LogP contribution in [0.15, 0.2) is 60.7 Å². The van der Waals surface area contributed by atoms with E-state index < -0.39 is 0 Å². The summed E-state index contributed by atoms with van der Waals surface area (Å²) in [7, 11) is 1.60. The molecule has 0 bridgehead atoms. The smallest absolute Gasteiger partial charge is 0.251 e. The highest BCUT2D eigenvalue weighted by Gasteiger charge is 2.19. The van der Waals surface area contributed by atoms with Gasteiger partial charge in [-0.05, 0) is 55.3 Å². The zero-order chi connectivity index (χ0) is 19.8. The highest BCUT2D eigenvalue weighted by atomic mass is 16.2. The average molecular weight is 377 g/mol. The van der Waals surface area contributed by atoms with E-state index in [1.54, 1.807) is 31.3 Å². The van der Waals surface area contributed by atoms with Gasteiger partial charge in [0.05, 0.1) is 6.04 Å². The fraction of sp³-hybridized carbons (Fsp3) is 0.304. The van der Waals surface area contributed by atoms with E-state index in [4.69, 9.17) is 0 Å². The van der Waals surface area contributed by atoms with E-state index in [2.05, 4.69) is 27.7 Å². The van der Waals surface area contributed by atoms with Crippen molar-refractivity contribution in [1.29, 1.82) is 0 Å². The summed E-state index contributed by atoms with van der Waals surface area (Å²) in [5, 5.41) is 5.73. The number of nitrogens with one attached hydrogen (secondary N) is 2. The molecule has 1 unspecified atom stereocenters. The van der Waals surface area contributed by atoms with E-state index in [9.17, 15) is 9.59 Å². The Hall–Kier alpha value is -2.92. The molecule has 2 amide bonds. The lowest BCUT2D eigenvalue weighted by molar-refractivity contribution is -0.117. The number of carbonyl (C=O) groups excluding carboxylic acids is 2. The molecule has 3 rings (SSSR count). The van der Waals surface area contributed by atoms with Gasteiger partial charge in [-0.1, -0.05) is 42.5 Å². The van der Waals surface area contributed by atoms with E-state index in [1.165, 1.54) is 12.8 Å². The van der Waals surface area contributed by atoms with Gasteiger partial charge in [-0.3, -0.25) is 9.59 Å². The molecular formula is C23H27N3O2. The van der Waals surface area contributed by atoms with Crippen LogP contribution in [0.1, 0.15) is 40.4 Å². The van der Waals surface area contributed by atoms with Crippen LogP contribution >= 0.6 is 0 Å². The standard InChI is InChI=1S/C23H27N3O2/c1-24-23(28)20-12-9-18(10-13-20)11-14-22(27)25-21(17-26-15-5-6-16-26)19-7-3-2-4-8-19/h2-4,7-14,21H,5-6,15-17H2,1H3,(H,24,28)(H,25,27)/b14-11+. The van der Waals surface area contributed by atoms with Gasteiger partial charge in [0.1, 0.15) is 0 Å². The van der Waals surface area contributed by atoms with Crippen molar-refractivity contribution in [1.82, 2.24) is 15.5 Å². The first-order chi connectivity index (χ1) is 13.7. The van der Waals surface area contributed by atoms with Gasteiger partial charge in [0, 0.05) is 25.2 Å². The minimum absolute atomic E-state index is 0.0351. The predicted octanol–water partition coefficient (Wildman–Crippen LogP) is 3.01. The van der Waals surface area contributed by atoms with Crippen LogP contribution < -0.4 is 10.6 Å². The molecule has 1 fully saturated rings. The van der Waals surface area contributed by atoms with Crippen LogP contribution in [-0.4, -0.2) is 43.4 Å². The van der Waals surface area contributed by atoms with Crippen LogP contribution in [0.2, 0.25) is 0 Å². The van der Waals surface area contributed by atoms with Crippen molar-refractivity contribution in [3.05, 3.63) is 77.4 Å². The third kappa shape index (κ3) is 5.54. The number of amides is 2. The van der Waals surface area contributed by atoms with Gasteiger partial charge in [0.25, 0.3) is 5.91 Å². The Morgan fingerprint density at radius 1 is 1.04 bits per heavy atom. The minimum atomic E-state index is -0.124. The van der Waals surface area contributed by atoms with Crippen LogP contribution in [0.4, 0.5) is 0 Å². The number of benzene rings is 2. The Morgan fingerprint density at radius 3 is 2.36 bits per heavy atom. The van der Waals surface area contributed by atoms with Crippen LogP contribution in [0.5, 0.6) is 0 Å².